The minimum atomic E-state index is -4.38. The number of ether oxygens (including phenoxy) is 3. The third-order valence-corrected chi connectivity index (χ3v) is 6.03. The van der Waals surface area contributed by atoms with Crippen LogP contribution in [-0.2, 0) is 10.1 Å². The third kappa shape index (κ3) is 6.51. The molecule has 0 aliphatic heterocycles. The Morgan fingerprint density at radius 2 is 1.05 bits per heavy atom. The molecule has 0 bridgehead atoms. The van der Waals surface area contributed by atoms with Crippen LogP contribution in [0.2, 0.25) is 0 Å². The average molecular weight is 527 g/mol. The molecule has 37 heavy (non-hydrogen) atoms. The number of hydrogen-bond acceptors (Lipinski definition) is 11. The normalized spacial score (nSPS) is 12.1. The first-order valence-electron chi connectivity index (χ1n) is 10.8. The fraction of sp³-hybridized carbons (Fsp3) is 0.250. The van der Waals surface area contributed by atoms with E-state index in [1.807, 2.05) is 19.9 Å². The molecule has 13 heteroatoms. The molecule has 0 amide bonds. The Bertz CT molecular complexity index is 1500. The lowest BCUT2D eigenvalue weighted by atomic mass is 10.1. The molecule has 0 radical (unpaired) electrons. The van der Waals surface area contributed by atoms with Gasteiger partial charge in [0.25, 0.3) is 10.1 Å². The molecule has 12 nitrogen and oxygen atoms in total. The first-order chi connectivity index (χ1) is 17.6. The van der Waals surface area contributed by atoms with Crippen molar-refractivity contribution >= 4 is 38.6 Å². The first kappa shape index (κ1) is 27.4. The van der Waals surface area contributed by atoms with Gasteiger partial charge < -0.3 is 14.2 Å². The van der Waals surface area contributed by atoms with E-state index in [0.717, 1.165) is 17.2 Å². The SMILES string of the molecule is CN=Nc1cc(C)c(N=Nc2cc(C)c(N=Nc3ccc(S(=O)(=O)O)cc3OC)cc2OC)cc1OC. The van der Waals surface area contributed by atoms with Gasteiger partial charge in [-0.05, 0) is 49.2 Å². The van der Waals surface area contributed by atoms with Crippen LogP contribution in [-0.4, -0.2) is 41.3 Å². The lowest BCUT2D eigenvalue weighted by molar-refractivity contribution is 0.413. The number of nitrogens with zero attached hydrogens (tertiary/aromatic N) is 6. The molecule has 0 atom stereocenters. The number of azo groups is 3. The second-order valence-electron chi connectivity index (χ2n) is 7.63. The van der Waals surface area contributed by atoms with Gasteiger partial charge in [0.2, 0.25) is 0 Å². The van der Waals surface area contributed by atoms with Gasteiger partial charge in [0.15, 0.2) is 0 Å². The summed E-state index contributed by atoms with van der Waals surface area (Å²) in [5.74, 6) is 1.06. The van der Waals surface area contributed by atoms with Crippen LogP contribution in [0.15, 0.2) is 78.0 Å². The van der Waals surface area contributed by atoms with E-state index in [0.29, 0.717) is 34.2 Å². The van der Waals surface area contributed by atoms with Gasteiger partial charge >= 0.3 is 0 Å². The Morgan fingerprint density at radius 3 is 1.51 bits per heavy atom. The second-order valence-corrected chi connectivity index (χ2v) is 9.05. The molecule has 0 heterocycles. The number of hydrogen-bond donors (Lipinski definition) is 1. The summed E-state index contributed by atoms with van der Waals surface area (Å²) in [6.45, 7) is 3.70. The van der Waals surface area contributed by atoms with Gasteiger partial charge in [-0.2, -0.15) is 28.9 Å². The Labute approximate surface area is 214 Å². The average Bonchev–Trinajstić information content (AvgIpc) is 2.87. The molecule has 0 unspecified atom stereocenters. The summed E-state index contributed by atoms with van der Waals surface area (Å²) in [6.07, 6.45) is 0. The summed E-state index contributed by atoms with van der Waals surface area (Å²) < 4.78 is 48.0. The van der Waals surface area contributed by atoms with Crippen molar-refractivity contribution in [2.24, 2.45) is 30.7 Å². The number of aryl methyl sites for hydroxylation is 2. The van der Waals surface area contributed by atoms with Crippen LogP contribution in [0.5, 0.6) is 17.2 Å². The highest BCUT2D eigenvalue weighted by atomic mass is 32.2. The molecular formula is C24H26N6O6S. The third-order valence-electron chi connectivity index (χ3n) is 5.18. The van der Waals surface area contributed by atoms with E-state index in [9.17, 15) is 13.0 Å². The maximum Gasteiger partial charge on any atom is 0.294 e. The molecule has 0 aliphatic rings. The molecule has 3 aromatic carbocycles. The van der Waals surface area contributed by atoms with E-state index in [1.165, 1.54) is 26.4 Å². The van der Waals surface area contributed by atoms with E-state index in [-0.39, 0.29) is 16.3 Å². The standard InChI is InChI=1S/C24H26N6O6S/c1-14-9-20(26-25-3)23(35-5)12-19(14)29-30-21-10-15(2)18(13-24(21)36-6)28-27-17-8-7-16(37(31,32)33)11-22(17)34-4/h7-13H,1-6H3,(H,31,32,33). The van der Waals surface area contributed by atoms with Crippen molar-refractivity contribution in [2.75, 3.05) is 28.4 Å². The van der Waals surface area contributed by atoms with Gasteiger partial charge in [-0.3, -0.25) is 4.55 Å². The minimum Gasteiger partial charge on any atom is -0.494 e. The smallest absolute Gasteiger partial charge is 0.294 e. The maximum absolute atomic E-state index is 11.4. The van der Waals surface area contributed by atoms with E-state index in [4.69, 9.17) is 14.2 Å². The molecule has 0 aliphatic carbocycles. The second kappa shape index (κ2) is 11.7. The van der Waals surface area contributed by atoms with Crippen LogP contribution in [0.3, 0.4) is 0 Å². The summed E-state index contributed by atoms with van der Waals surface area (Å²) in [7, 11) is 1.60. The predicted octanol–water partition coefficient (Wildman–Crippen LogP) is 7.12. The van der Waals surface area contributed by atoms with E-state index in [2.05, 4.69) is 30.7 Å². The highest BCUT2D eigenvalue weighted by Crippen LogP contribution is 2.39. The molecule has 1 N–H and O–H groups in total. The van der Waals surface area contributed by atoms with Crippen molar-refractivity contribution in [3.63, 3.8) is 0 Å². The molecule has 0 aromatic heterocycles. The fourth-order valence-corrected chi connectivity index (χ4v) is 3.74. The predicted molar refractivity (Wildman–Crippen MR) is 137 cm³/mol. The zero-order chi connectivity index (χ0) is 27.2. The Hall–Kier alpha value is -4.23. The van der Waals surface area contributed by atoms with Crippen molar-refractivity contribution in [1.82, 2.24) is 0 Å². The van der Waals surface area contributed by atoms with Gasteiger partial charge in [0, 0.05) is 25.2 Å². The molecule has 0 fully saturated rings. The van der Waals surface area contributed by atoms with Crippen LogP contribution in [0, 0.1) is 13.8 Å². The Balaban J connectivity index is 1.94. The van der Waals surface area contributed by atoms with Crippen molar-refractivity contribution in [1.29, 1.82) is 0 Å². The van der Waals surface area contributed by atoms with Gasteiger partial charge in [0.1, 0.15) is 34.3 Å². The van der Waals surface area contributed by atoms with Gasteiger partial charge in [-0.25, -0.2) is 0 Å². The fourth-order valence-electron chi connectivity index (χ4n) is 3.25. The number of methoxy groups -OCH3 is 3. The molecule has 0 saturated heterocycles. The zero-order valence-electron chi connectivity index (χ0n) is 21.1. The minimum absolute atomic E-state index is 0.131. The van der Waals surface area contributed by atoms with Crippen molar-refractivity contribution < 1.29 is 27.2 Å². The quantitative estimate of drug-likeness (QED) is 0.231. The molecular weight excluding hydrogens is 500 g/mol. The first-order valence-corrected chi connectivity index (χ1v) is 12.2. The molecule has 194 valence electrons. The maximum atomic E-state index is 11.4. The summed E-state index contributed by atoms with van der Waals surface area (Å²) in [5.41, 5.74) is 3.99. The molecule has 0 spiro atoms. The summed E-state index contributed by atoms with van der Waals surface area (Å²) in [4.78, 5) is -0.312. The van der Waals surface area contributed by atoms with Gasteiger partial charge in [-0.15, -0.1) is 10.2 Å². The van der Waals surface area contributed by atoms with Crippen LogP contribution >= 0.6 is 0 Å². The van der Waals surface area contributed by atoms with Crippen molar-refractivity contribution in [3.05, 3.63) is 53.6 Å². The zero-order valence-corrected chi connectivity index (χ0v) is 21.9. The van der Waals surface area contributed by atoms with Crippen LogP contribution in [0.4, 0.5) is 28.4 Å². The molecule has 3 aromatic rings. The van der Waals surface area contributed by atoms with Crippen LogP contribution in [0.25, 0.3) is 0 Å². The highest BCUT2D eigenvalue weighted by Gasteiger charge is 2.14. The summed E-state index contributed by atoms with van der Waals surface area (Å²) in [6, 6.07) is 10.7. The lowest BCUT2D eigenvalue weighted by Crippen LogP contribution is -1.98. The lowest BCUT2D eigenvalue weighted by Gasteiger charge is -2.09. The van der Waals surface area contributed by atoms with Gasteiger partial charge in [0.05, 0.1) is 37.6 Å². The Kier molecular flexibility index (Phi) is 8.63. The van der Waals surface area contributed by atoms with Crippen LogP contribution < -0.4 is 14.2 Å². The monoisotopic (exact) mass is 526 g/mol. The van der Waals surface area contributed by atoms with E-state index < -0.39 is 10.1 Å². The summed E-state index contributed by atoms with van der Waals surface area (Å²) >= 11 is 0. The number of benzene rings is 3. The summed E-state index contributed by atoms with van der Waals surface area (Å²) in [5, 5.41) is 25.0. The van der Waals surface area contributed by atoms with E-state index in [1.54, 1.807) is 32.4 Å². The van der Waals surface area contributed by atoms with Crippen molar-refractivity contribution in [2.45, 2.75) is 18.7 Å². The highest BCUT2D eigenvalue weighted by molar-refractivity contribution is 7.85. The topological polar surface area (TPSA) is 156 Å². The molecule has 3 rings (SSSR count). The van der Waals surface area contributed by atoms with Crippen molar-refractivity contribution in [3.8, 4) is 17.2 Å². The van der Waals surface area contributed by atoms with E-state index >= 15 is 0 Å². The van der Waals surface area contributed by atoms with Crippen LogP contribution in [0.1, 0.15) is 11.1 Å². The Morgan fingerprint density at radius 1 is 0.622 bits per heavy atom. The number of rotatable bonds is 9. The van der Waals surface area contributed by atoms with Gasteiger partial charge in [-0.1, -0.05) is 0 Å². The molecule has 0 saturated carbocycles. The largest absolute Gasteiger partial charge is 0.494 e.